The van der Waals surface area contributed by atoms with E-state index in [-0.39, 0.29) is 18.1 Å². The van der Waals surface area contributed by atoms with Gasteiger partial charge in [-0.15, -0.1) is 11.3 Å². The maximum Gasteiger partial charge on any atom is 0.508 e. The van der Waals surface area contributed by atoms with Crippen LogP contribution in [0.3, 0.4) is 0 Å². The average Bonchev–Trinajstić information content (AvgIpc) is 3.47. The quantitative estimate of drug-likeness (QED) is 0.131. The highest BCUT2D eigenvalue weighted by atomic mass is 35.6. The Kier molecular flexibility index (Phi) is 17.7. The van der Waals surface area contributed by atoms with E-state index in [0.29, 0.717) is 12.8 Å². The lowest BCUT2D eigenvalue weighted by molar-refractivity contribution is -0.153. The number of cyclic esters (lactones) is 1. The fourth-order valence-electron chi connectivity index (χ4n) is 6.25. The van der Waals surface area contributed by atoms with Crippen LogP contribution in [-0.4, -0.2) is 59.9 Å². The van der Waals surface area contributed by atoms with Gasteiger partial charge < -0.3 is 18.6 Å². The van der Waals surface area contributed by atoms with E-state index in [1.54, 1.807) is 32.1 Å². The number of nitrogens with zero attached hydrogens (tertiary/aromatic N) is 1. The molecule has 0 radical (unpaired) electrons. The van der Waals surface area contributed by atoms with Crippen LogP contribution in [0.4, 0.5) is 4.79 Å². The molecule has 0 N–H and O–H groups in total. The van der Waals surface area contributed by atoms with Gasteiger partial charge in [0.25, 0.3) is 0 Å². The van der Waals surface area contributed by atoms with Crippen LogP contribution in [-0.2, 0) is 28.2 Å². The smallest absolute Gasteiger partial charge is 0.457 e. The maximum atomic E-state index is 14.6. The van der Waals surface area contributed by atoms with Crippen LogP contribution in [0.2, 0.25) is 18.1 Å². The summed E-state index contributed by atoms with van der Waals surface area (Å²) in [6.45, 7) is 19.0. The lowest BCUT2D eigenvalue weighted by Crippen LogP contribution is -2.52. The Morgan fingerprint density at radius 2 is 1.76 bits per heavy atom. The largest absolute Gasteiger partial charge is 0.508 e. The third-order valence-electron chi connectivity index (χ3n) is 9.81. The zero-order chi connectivity index (χ0) is 37.9. The Morgan fingerprint density at radius 1 is 1.12 bits per heavy atom. The molecule has 1 aliphatic heterocycles. The van der Waals surface area contributed by atoms with Gasteiger partial charge in [-0.1, -0.05) is 114 Å². The van der Waals surface area contributed by atoms with Crippen LogP contribution in [0, 0.1) is 24.2 Å². The van der Waals surface area contributed by atoms with Crippen molar-refractivity contribution in [3.05, 3.63) is 45.5 Å². The number of esters is 1. The summed E-state index contributed by atoms with van der Waals surface area (Å²) in [4.78, 5) is 46.0. The number of ketones is 1. The number of Topliss-reactive ketones (excluding diaryl/α,β-unsaturated/α-hetero) is 1. The molecule has 1 aromatic heterocycles. The van der Waals surface area contributed by atoms with Crippen molar-refractivity contribution in [2.75, 3.05) is 6.61 Å². The van der Waals surface area contributed by atoms with Gasteiger partial charge >= 0.3 is 12.1 Å². The molecule has 0 bridgehead atoms. The summed E-state index contributed by atoms with van der Waals surface area (Å²) >= 11 is 18.9. The summed E-state index contributed by atoms with van der Waals surface area (Å²) in [6, 6.07) is 2.49. The SMILES string of the molecule is CCC1=C/C[C@@H](/C(C)=C/c2csc(C)n2)OC(=O)C[C@H](O[Si](CC)(CC)CC)C(C)(C)C(=O)[C@H](C)[C@@H](OC(=O)OCC(Cl)(Cl)Cl)[C@@H](C)C\C=C\1. The number of aromatic nitrogens is 1. The van der Waals surface area contributed by atoms with Crippen LogP contribution >= 0.6 is 46.1 Å². The molecule has 13 heteroatoms. The van der Waals surface area contributed by atoms with Gasteiger partial charge in [-0.25, -0.2) is 9.78 Å². The molecule has 8 nitrogen and oxygen atoms in total. The summed E-state index contributed by atoms with van der Waals surface area (Å²) in [6.07, 6.45) is 6.46. The van der Waals surface area contributed by atoms with Crippen LogP contribution in [0.1, 0.15) is 98.7 Å². The molecule has 2 rings (SSSR count). The average molecular weight is 793 g/mol. The molecule has 0 amide bonds. The van der Waals surface area contributed by atoms with Crippen molar-refractivity contribution < 1.29 is 33.0 Å². The number of halogens is 3. The second kappa shape index (κ2) is 20.0. The lowest BCUT2D eigenvalue weighted by atomic mass is 9.73. The van der Waals surface area contributed by atoms with E-state index in [4.69, 9.17) is 53.4 Å². The van der Waals surface area contributed by atoms with Crippen LogP contribution in [0.15, 0.2) is 34.8 Å². The van der Waals surface area contributed by atoms with Crippen molar-refractivity contribution >= 4 is 78.4 Å². The van der Waals surface area contributed by atoms with E-state index >= 15 is 0 Å². The normalized spacial score (nSPS) is 26.5. The van der Waals surface area contributed by atoms with Crippen LogP contribution < -0.4 is 0 Å². The molecule has 282 valence electrons. The molecular formula is C37H56Cl3NO7SSi. The van der Waals surface area contributed by atoms with E-state index in [0.717, 1.165) is 46.4 Å². The topological polar surface area (TPSA) is 101 Å². The first-order chi connectivity index (χ1) is 23.3. The Balaban J connectivity index is 2.66. The minimum atomic E-state index is -2.32. The van der Waals surface area contributed by atoms with Crippen molar-refractivity contribution in [2.24, 2.45) is 17.3 Å². The van der Waals surface area contributed by atoms with Crippen LogP contribution in [0.25, 0.3) is 6.08 Å². The van der Waals surface area contributed by atoms with E-state index < -0.39 is 60.5 Å². The number of aryl methyl sites for hydroxylation is 1. The highest BCUT2D eigenvalue weighted by Crippen LogP contribution is 2.38. The molecular weight excluding hydrogens is 737 g/mol. The van der Waals surface area contributed by atoms with E-state index in [1.165, 1.54) is 0 Å². The minimum Gasteiger partial charge on any atom is -0.457 e. The third-order valence-corrected chi connectivity index (χ3v) is 15.6. The number of hydrogen-bond donors (Lipinski definition) is 0. The number of rotatable bonds is 10. The van der Waals surface area contributed by atoms with Gasteiger partial charge in [0.15, 0.2) is 8.32 Å². The van der Waals surface area contributed by atoms with Crippen molar-refractivity contribution in [2.45, 2.75) is 135 Å². The molecule has 0 unspecified atom stereocenters. The number of allylic oxidation sites excluding steroid dienone is 3. The van der Waals surface area contributed by atoms with Crippen molar-refractivity contribution in [3.8, 4) is 0 Å². The fraction of sp³-hybridized carbons (Fsp3) is 0.676. The molecule has 0 spiro atoms. The van der Waals surface area contributed by atoms with Gasteiger partial charge in [0.05, 0.1) is 29.1 Å². The van der Waals surface area contributed by atoms with E-state index in [2.05, 4.69) is 38.8 Å². The van der Waals surface area contributed by atoms with Gasteiger partial charge in [0.1, 0.15) is 24.6 Å². The second-order valence-corrected chi connectivity index (χ2v) is 22.1. The molecule has 0 saturated carbocycles. The summed E-state index contributed by atoms with van der Waals surface area (Å²) < 4.78 is 22.3. The number of carbonyl (C=O) groups is 3. The van der Waals surface area contributed by atoms with Gasteiger partial charge in [0, 0.05) is 17.2 Å². The Hall–Kier alpha value is -1.69. The van der Waals surface area contributed by atoms with Gasteiger partial charge in [-0.05, 0) is 62.4 Å². The highest BCUT2D eigenvalue weighted by Gasteiger charge is 2.47. The molecule has 5 atom stereocenters. The highest BCUT2D eigenvalue weighted by molar-refractivity contribution is 7.09. The number of alkyl halides is 3. The molecule has 0 saturated heterocycles. The second-order valence-electron chi connectivity index (χ2n) is 13.8. The summed E-state index contributed by atoms with van der Waals surface area (Å²) in [5.41, 5.74) is 1.59. The molecule has 0 aliphatic carbocycles. The zero-order valence-corrected chi connectivity index (χ0v) is 35.4. The molecule has 0 aromatic carbocycles. The zero-order valence-electron chi connectivity index (χ0n) is 31.3. The predicted molar refractivity (Wildman–Crippen MR) is 207 cm³/mol. The number of hydrogen-bond acceptors (Lipinski definition) is 9. The summed E-state index contributed by atoms with van der Waals surface area (Å²) in [7, 11) is -2.32. The van der Waals surface area contributed by atoms with Crippen molar-refractivity contribution in [1.29, 1.82) is 0 Å². The molecule has 1 aliphatic rings. The first kappa shape index (κ1) is 44.5. The summed E-state index contributed by atoms with van der Waals surface area (Å²) in [5.74, 6) is -1.73. The van der Waals surface area contributed by atoms with Gasteiger partial charge in [-0.2, -0.15) is 0 Å². The first-order valence-corrected chi connectivity index (χ1v) is 22.1. The Bertz CT molecular complexity index is 1370. The van der Waals surface area contributed by atoms with Crippen molar-refractivity contribution in [3.63, 3.8) is 0 Å². The number of carbonyl (C=O) groups excluding carboxylic acids is 3. The monoisotopic (exact) mass is 791 g/mol. The van der Waals surface area contributed by atoms with Crippen LogP contribution in [0.5, 0.6) is 0 Å². The standard InChI is InChI=1S/C37H56Cl3NO7SSi/c1-11-28-17-15-16-24(5)33(47-35(44)45-23-37(38,39)40)26(7)34(43)36(9,10)31(48-50(12-2,13-3)14-4)21-32(42)46-30(19-18-28)25(6)20-29-22-49-27(8)41-29/h15,17-18,20,22,24,26,30-31,33H,11-14,16,19,21,23H2,1-10H3/b17-15+,25-20+,28-18-/t24-,26+,30-,31-,33-/m0/s1. The van der Waals surface area contributed by atoms with E-state index in [1.807, 2.05) is 44.4 Å². The fourth-order valence-corrected chi connectivity index (χ4v) is 9.97. The molecule has 1 aromatic rings. The first-order valence-electron chi connectivity index (χ1n) is 17.6. The third kappa shape index (κ3) is 13.4. The lowest BCUT2D eigenvalue weighted by Gasteiger charge is -2.42. The molecule has 2 heterocycles. The maximum absolute atomic E-state index is 14.6. The van der Waals surface area contributed by atoms with Gasteiger partial charge in [-0.3, -0.25) is 9.59 Å². The Morgan fingerprint density at radius 3 is 2.30 bits per heavy atom. The molecule has 0 fully saturated rings. The Labute approximate surface area is 319 Å². The predicted octanol–water partition coefficient (Wildman–Crippen LogP) is 11.0. The number of thiazole rings is 1. The molecule has 50 heavy (non-hydrogen) atoms. The van der Waals surface area contributed by atoms with Crippen molar-refractivity contribution in [1.82, 2.24) is 4.98 Å². The van der Waals surface area contributed by atoms with E-state index in [9.17, 15) is 14.4 Å². The minimum absolute atomic E-state index is 0.115. The number of ether oxygens (including phenoxy) is 3. The van der Waals surface area contributed by atoms with Gasteiger partial charge in [0.2, 0.25) is 3.79 Å². The summed E-state index contributed by atoms with van der Waals surface area (Å²) in [5, 5.41) is 2.93.